The van der Waals surface area contributed by atoms with Gasteiger partial charge in [0.15, 0.2) is 0 Å². The maximum Gasteiger partial charge on any atom is 0.143 e. The molecule has 0 unspecified atom stereocenters. The molecule has 0 aliphatic heterocycles. The van der Waals surface area contributed by atoms with E-state index in [9.17, 15) is 4.79 Å². The van der Waals surface area contributed by atoms with Crippen LogP contribution in [0.4, 0.5) is 0 Å². The zero-order valence-electron chi connectivity index (χ0n) is 7.60. The Labute approximate surface area is 78.4 Å². The van der Waals surface area contributed by atoms with E-state index in [0.29, 0.717) is 0 Å². The van der Waals surface area contributed by atoms with Gasteiger partial charge in [0.05, 0.1) is 0 Å². The smallest absolute Gasteiger partial charge is 0.143 e. The van der Waals surface area contributed by atoms with Crippen molar-refractivity contribution < 1.29 is 4.79 Å². The molecule has 1 heteroatoms. The van der Waals surface area contributed by atoms with Gasteiger partial charge in [-0.1, -0.05) is 42.5 Å². The van der Waals surface area contributed by atoms with Crippen LogP contribution in [0.25, 0.3) is 6.08 Å². The largest absolute Gasteiger partial charge is 0.299 e. The summed E-state index contributed by atoms with van der Waals surface area (Å²) in [5.41, 5.74) is 2.10. The number of hydrogen-bond acceptors (Lipinski definition) is 1. The van der Waals surface area contributed by atoms with Crippen molar-refractivity contribution in [3.63, 3.8) is 0 Å². The van der Waals surface area contributed by atoms with Gasteiger partial charge in [0.2, 0.25) is 0 Å². The number of carbonyl (C=O) groups excluding carboxylic acids is 1. The Bertz CT molecular complexity index is 320. The van der Waals surface area contributed by atoms with E-state index >= 15 is 0 Å². The molecule has 13 heavy (non-hydrogen) atoms. The molecule has 1 aromatic carbocycles. The van der Waals surface area contributed by atoms with Crippen molar-refractivity contribution in [1.29, 1.82) is 0 Å². The highest BCUT2D eigenvalue weighted by Gasteiger charge is 1.83. The monoisotopic (exact) mass is 172 g/mol. The standard InChI is InChI=1S/C12H12O/c1-11(9-10-13)7-8-12-5-3-2-4-6-12/h2-10H,1H3/b8-7?,11-9-. The quantitative estimate of drug-likeness (QED) is 0.389. The summed E-state index contributed by atoms with van der Waals surface area (Å²) in [5.74, 6) is 0. The lowest BCUT2D eigenvalue weighted by Gasteiger charge is -1.91. The molecule has 0 aliphatic rings. The van der Waals surface area contributed by atoms with E-state index in [4.69, 9.17) is 0 Å². The minimum Gasteiger partial charge on any atom is -0.299 e. The molecule has 0 bridgehead atoms. The summed E-state index contributed by atoms with van der Waals surface area (Å²) in [7, 11) is 0. The summed E-state index contributed by atoms with van der Waals surface area (Å²) >= 11 is 0. The molecule has 0 aliphatic carbocycles. The molecule has 0 saturated carbocycles. The summed E-state index contributed by atoms with van der Waals surface area (Å²) in [5, 5.41) is 0. The van der Waals surface area contributed by atoms with Gasteiger partial charge in [0.1, 0.15) is 6.29 Å². The molecule has 0 heterocycles. The first-order valence-corrected chi connectivity index (χ1v) is 4.18. The Balaban J connectivity index is 2.69. The summed E-state index contributed by atoms with van der Waals surface area (Å²) in [6, 6.07) is 9.98. The van der Waals surface area contributed by atoms with Crippen molar-refractivity contribution in [1.82, 2.24) is 0 Å². The van der Waals surface area contributed by atoms with Gasteiger partial charge in [-0.3, -0.25) is 4.79 Å². The van der Waals surface area contributed by atoms with Crippen LogP contribution in [-0.4, -0.2) is 6.29 Å². The van der Waals surface area contributed by atoms with Crippen LogP contribution in [-0.2, 0) is 4.79 Å². The van der Waals surface area contributed by atoms with Gasteiger partial charge in [-0.05, 0) is 24.1 Å². The van der Waals surface area contributed by atoms with Gasteiger partial charge in [-0.25, -0.2) is 0 Å². The van der Waals surface area contributed by atoms with Crippen molar-refractivity contribution >= 4 is 12.4 Å². The van der Waals surface area contributed by atoms with E-state index in [1.54, 1.807) is 6.08 Å². The molecule has 0 aromatic heterocycles. The Kier molecular flexibility index (Phi) is 3.71. The average Bonchev–Trinajstić information content (AvgIpc) is 2.17. The fourth-order valence-corrected chi connectivity index (χ4v) is 0.955. The Morgan fingerprint density at radius 3 is 2.54 bits per heavy atom. The number of rotatable bonds is 3. The fraction of sp³-hybridized carbons (Fsp3) is 0.0833. The second kappa shape index (κ2) is 5.09. The first kappa shape index (κ1) is 9.46. The predicted octanol–water partition coefficient (Wildman–Crippen LogP) is 2.85. The van der Waals surface area contributed by atoms with E-state index in [0.717, 1.165) is 17.4 Å². The third kappa shape index (κ3) is 3.52. The van der Waals surface area contributed by atoms with Crippen LogP contribution in [0.5, 0.6) is 0 Å². The molecule has 1 nitrogen and oxygen atoms in total. The van der Waals surface area contributed by atoms with E-state index in [1.807, 2.05) is 49.4 Å². The first-order valence-electron chi connectivity index (χ1n) is 4.18. The number of hydrogen-bond donors (Lipinski definition) is 0. The van der Waals surface area contributed by atoms with Gasteiger partial charge >= 0.3 is 0 Å². The molecule has 1 rings (SSSR count). The molecule has 0 atom stereocenters. The van der Waals surface area contributed by atoms with Gasteiger partial charge in [-0.15, -0.1) is 0 Å². The first-order chi connectivity index (χ1) is 6.33. The van der Waals surface area contributed by atoms with Gasteiger partial charge < -0.3 is 0 Å². The van der Waals surface area contributed by atoms with Crippen LogP contribution < -0.4 is 0 Å². The third-order valence-corrected chi connectivity index (χ3v) is 1.67. The Morgan fingerprint density at radius 1 is 1.23 bits per heavy atom. The molecular formula is C12H12O. The third-order valence-electron chi connectivity index (χ3n) is 1.67. The summed E-state index contributed by atoms with van der Waals surface area (Å²) < 4.78 is 0. The molecule has 0 amide bonds. The van der Waals surface area contributed by atoms with E-state index in [2.05, 4.69) is 0 Å². The van der Waals surface area contributed by atoms with Gasteiger partial charge in [-0.2, -0.15) is 0 Å². The summed E-state index contributed by atoms with van der Waals surface area (Å²) in [4.78, 5) is 10.1. The Morgan fingerprint density at radius 2 is 1.92 bits per heavy atom. The minimum atomic E-state index is 0.796. The van der Waals surface area contributed by atoms with Crippen molar-refractivity contribution in [3.05, 3.63) is 53.6 Å². The van der Waals surface area contributed by atoms with Crippen LogP contribution >= 0.6 is 0 Å². The lowest BCUT2D eigenvalue weighted by Crippen LogP contribution is -1.71. The van der Waals surface area contributed by atoms with Crippen LogP contribution in [0.2, 0.25) is 0 Å². The molecular weight excluding hydrogens is 160 g/mol. The summed E-state index contributed by atoms with van der Waals surface area (Å²) in [6.45, 7) is 1.90. The number of benzene rings is 1. The number of carbonyl (C=O) groups is 1. The highest BCUT2D eigenvalue weighted by molar-refractivity contribution is 5.68. The van der Waals surface area contributed by atoms with Gasteiger partial charge in [0.25, 0.3) is 0 Å². The zero-order valence-corrected chi connectivity index (χ0v) is 7.60. The van der Waals surface area contributed by atoms with Crippen LogP contribution in [0, 0.1) is 0 Å². The topological polar surface area (TPSA) is 17.1 Å². The van der Waals surface area contributed by atoms with Crippen LogP contribution in [0.1, 0.15) is 12.5 Å². The molecule has 1 aromatic rings. The fourth-order valence-electron chi connectivity index (χ4n) is 0.955. The molecule has 0 saturated heterocycles. The maximum atomic E-state index is 10.1. The highest BCUT2D eigenvalue weighted by atomic mass is 16.1. The normalized spacial score (nSPS) is 11.9. The van der Waals surface area contributed by atoms with E-state index in [1.165, 1.54) is 0 Å². The average molecular weight is 172 g/mol. The van der Waals surface area contributed by atoms with Gasteiger partial charge in [0, 0.05) is 0 Å². The second-order valence-corrected chi connectivity index (χ2v) is 2.79. The van der Waals surface area contributed by atoms with Crippen molar-refractivity contribution in [3.8, 4) is 0 Å². The molecule has 0 radical (unpaired) electrons. The SMILES string of the molecule is C/C(C=Cc1ccccc1)=C/C=O. The van der Waals surface area contributed by atoms with Crippen molar-refractivity contribution in [2.75, 3.05) is 0 Å². The Hall–Kier alpha value is -1.63. The molecule has 0 N–H and O–H groups in total. The summed E-state index contributed by atoms with van der Waals surface area (Å²) in [6.07, 6.45) is 6.24. The minimum absolute atomic E-state index is 0.796. The van der Waals surface area contributed by atoms with Crippen molar-refractivity contribution in [2.45, 2.75) is 6.92 Å². The molecule has 0 spiro atoms. The second-order valence-electron chi connectivity index (χ2n) is 2.79. The maximum absolute atomic E-state index is 10.1. The molecule has 66 valence electrons. The lowest BCUT2D eigenvalue weighted by molar-refractivity contribution is -0.104. The zero-order chi connectivity index (χ0) is 9.52. The van der Waals surface area contributed by atoms with Crippen molar-refractivity contribution in [2.24, 2.45) is 0 Å². The number of aldehydes is 1. The van der Waals surface area contributed by atoms with E-state index in [-0.39, 0.29) is 0 Å². The number of allylic oxidation sites excluding steroid dienone is 3. The van der Waals surface area contributed by atoms with Crippen LogP contribution in [0.15, 0.2) is 48.1 Å². The lowest BCUT2D eigenvalue weighted by atomic mass is 10.2. The van der Waals surface area contributed by atoms with E-state index < -0.39 is 0 Å². The molecule has 0 fully saturated rings. The predicted molar refractivity (Wildman–Crippen MR) is 55.3 cm³/mol. The van der Waals surface area contributed by atoms with Crippen LogP contribution in [0.3, 0.4) is 0 Å². The highest BCUT2D eigenvalue weighted by Crippen LogP contribution is 2.03.